The SMILES string of the molecule is CCCNC(=NCC(=O)N(C)C)NCCC(C)N1CCCCC1. The zero-order valence-corrected chi connectivity index (χ0v) is 15.4. The van der Waals surface area contributed by atoms with E-state index in [1.807, 2.05) is 0 Å². The van der Waals surface area contributed by atoms with Crippen molar-refractivity contribution in [2.75, 3.05) is 46.8 Å². The fourth-order valence-electron chi connectivity index (χ4n) is 2.65. The van der Waals surface area contributed by atoms with Crippen molar-refractivity contribution in [1.29, 1.82) is 0 Å². The summed E-state index contributed by atoms with van der Waals surface area (Å²) >= 11 is 0. The average Bonchev–Trinajstić information content (AvgIpc) is 2.56. The van der Waals surface area contributed by atoms with Crippen molar-refractivity contribution in [3.05, 3.63) is 0 Å². The molecule has 0 aliphatic carbocycles. The number of rotatable bonds is 8. The largest absolute Gasteiger partial charge is 0.356 e. The van der Waals surface area contributed by atoms with Crippen molar-refractivity contribution in [2.24, 2.45) is 4.99 Å². The zero-order chi connectivity index (χ0) is 17.1. The summed E-state index contributed by atoms with van der Waals surface area (Å²) in [6.45, 7) is 8.81. The fourth-order valence-corrected chi connectivity index (χ4v) is 2.65. The van der Waals surface area contributed by atoms with Crippen LogP contribution >= 0.6 is 0 Å². The number of carbonyl (C=O) groups is 1. The summed E-state index contributed by atoms with van der Waals surface area (Å²) in [6, 6.07) is 0.596. The maximum atomic E-state index is 11.7. The van der Waals surface area contributed by atoms with Crippen molar-refractivity contribution in [3.63, 3.8) is 0 Å². The van der Waals surface area contributed by atoms with Crippen molar-refractivity contribution >= 4 is 11.9 Å². The second kappa shape index (κ2) is 11.3. The predicted octanol–water partition coefficient (Wildman–Crippen LogP) is 1.28. The Morgan fingerprint density at radius 1 is 1.17 bits per heavy atom. The molecule has 0 bridgehead atoms. The van der Waals surface area contributed by atoms with Crippen molar-refractivity contribution in [3.8, 4) is 0 Å². The van der Waals surface area contributed by atoms with Gasteiger partial charge in [-0.15, -0.1) is 0 Å². The molecule has 0 aromatic carbocycles. The lowest BCUT2D eigenvalue weighted by Crippen LogP contribution is -2.42. The van der Waals surface area contributed by atoms with E-state index in [1.54, 1.807) is 19.0 Å². The molecule has 0 aromatic rings. The highest BCUT2D eigenvalue weighted by molar-refractivity contribution is 5.84. The second-order valence-electron chi connectivity index (χ2n) is 6.54. The van der Waals surface area contributed by atoms with E-state index in [2.05, 4.69) is 34.4 Å². The Balaban J connectivity index is 2.37. The predicted molar refractivity (Wildman–Crippen MR) is 96.8 cm³/mol. The van der Waals surface area contributed by atoms with Gasteiger partial charge in [0.25, 0.3) is 0 Å². The number of piperidine rings is 1. The number of guanidine groups is 1. The summed E-state index contributed by atoms with van der Waals surface area (Å²) in [7, 11) is 3.51. The van der Waals surface area contributed by atoms with Crippen LogP contribution in [-0.4, -0.2) is 74.5 Å². The van der Waals surface area contributed by atoms with Gasteiger partial charge in [0.05, 0.1) is 0 Å². The summed E-state index contributed by atoms with van der Waals surface area (Å²) in [5, 5.41) is 6.63. The maximum absolute atomic E-state index is 11.7. The van der Waals surface area contributed by atoms with Gasteiger partial charge in [-0.25, -0.2) is 4.99 Å². The Bertz CT molecular complexity index is 364. The molecule has 0 saturated carbocycles. The second-order valence-corrected chi connectivity index (χ2v) is 6.54. The van der Waals surface area contributed by atoms with E-state index in [1.165, 1.54) is 32.4 Å². The number of hydrogen-bond donors (Lipinski definition) is 2. The van der Waals surface area contributed by atoms with Crippen LogP contribution in [0.15, 0.2) is 4.99 Å². The Morgan fingerprint density at radius 3 is 2.43 bits per heavy atom. The molecule has 1 fully saturated rings. The molecule has 1 amide bonds. The topological polar surface area (TPSA) is 60.0 Å². The molecule has 1 rings (SSSR count). The molecule has 1 saturated heterocycles. The smallest absolute Gasteiger partial charge is 0.243 e. The minimum atomic E-state index is 0.0179. The molecule has 23 heavy (non-hydrogen) atoms. The summed E-state index contributed by atoms with van der Waals surface area (Å²) < 4.78 is 0. The molecule has 1 aliphatic rings. The standard InChI is InChI=1S/C17H35N5O/c1-5-10-18-17(20-14-16(23)21(3)4)19-11-9-15(2)22-12-7-6-8-13-22/h15H,5-14H2,1-4H3,(H2,18,19,20). The van der Waals surface area contributed by atoms with Gasteiger partial charge in [-0.3, -0.25) is 4.79 Å². The quantitative estimate of drug-likeness (QED) is 0.521. The van der Waals surface area contributed by atoms with Crippen LogP contribution < -0.4 is 10.6 Å². The van der Waals surface area contributed by atoms with Gasteiger partial charge in [0, 0.05) is 33.2 Å². The fraction of sp³-hybridized carbons (Fsp3) is 0.882. The van der Waals surface area contributed by atoms with E-state index < -0.39 is 0 Å². The third kappa shape index (κ3) is 8.21. The zero-order valence-electron chi connectivity index (χ0n) is 15.4. The maximum Gasteiger partial charge on any atom is 0.243 e. The van der Waals surface area contributed by atoms with Gasteiger partial charge in [0.1, 0.15) is 6.54 Å². The number of hydrogen-bond acceptors (Lipinski definition) is 3. The molecule has 6 heteroatoms. The van der Waals surface area contributed by atoms with Crippen LogP contribution in [0, 0.1) is 0 Å². The summed E-state index contributed by atoms with van der Waals surface area (Å²) in [4.78, 5) is 20.2. The van der Waals surface area contributed by atoms with E-state index in [0.29, 0.717) is 6.04 Å². The molecule has 1 heterocycles. The normalized spacial score (nSPS) is 17.7. The number of likely N-dealkylation sites (tertiary alicyclic amines) is 1. The van der Waals surface area contributed by atoms with Crippen LogP contribution in [-0.2, 0) is 4.79 Å². The molecule has 134 valence electrons. The van der Waals surface area contributed by atoms with E-state index in [0.717, 1.165) is 31.9 Å². The highest BCUT2D eigenvalue weighted by Crippen LogP contribution is 2.13. The Labute approximate surface area is 141 Å². The van der Waals surface area contributed by atoms with E-state index in [4.69, 9.17) is 0 Å². The number of nitrogens with zero attached hydrogens (tertiary/aromatic N) is 3. The minimum absolute atomic E-state index is 0.0179. The van der Waals surface area contributed by atoms with Gasteiger partial charge >= 0.3 is 0 Å². The van der Waals surface area contributed by atoms with Crippen LogP contribution in [0.25, 0.3) is 0 Å². The van der Waals surface area contributed by atoms with Crippen LogP contribution in [0.2, 0.25) is 0 Å². The first-order valence-electron chi connectivity index (χ1n) is 9.01. The third-order valence-corrected chi connectivity index (χ3v) is 4.28. The van der Waals surface area contributed by atoms with Crippen LogP contribution in [0.5, 0.6) is 0 Å². The molecule has 0 spiro atoms. The Hall–Kier alpha value is -1.30. The molecule has 1 aliphatic heterocycles. The molecule has 6 nitrogen and oxygen atoms in total. The van der Waals surface area contributed by atoms with Crippen LogP contribution in [0.4, 0.5) is 0 Å². The first-order valence-corrected chi connectivity index (χ1v) is 9.01. The number of likely N-dealkylation sites (N-methyl/N-ethyl adjacent to an activating group) is 1. The van der Waals surface area contributed by atoms with Gasteiger partial charge in [-0.05, 0) is 45.7 Å². The lowest BCUT2D eigenvalue weighted by Gasteiger charge is -2.32. The molecular formula is C17H35N5O. The van der Waals surface area contributed by atoms with Gasteiger partial charge in [0.15, 0.2) is 5.96 Å². The van der Waals surface area contributed by atoms with Crippen LogP contribution in [0.1, 0.15) is 46.0 Å². The molecule has 0 aromatic heterocycles. The van der Waals surface area contributed by atoms with E-state index >= 15 is 0 Å². The lowest BCUT2D eigenvalue weighted by molar-refractivity contribution is -0.127. The van der Waals surface area contributed by atoms with Crippen molar-refractivity contribution in [1.82, 2.24) is 20.4 Å². The highest BCUT2D eigenvalue weighted by Gasteiger charge is 2.16. The minimum Gasteiger partial charge on any atom is -0.356 e. The first-order chi connectivity index (χ1) is 11.0. The Morgan fingerprint density at radius 2 is 1.83 bits per heavy atom. The van der Waals surface area contributed by atoms with Gasteiger partial charge in [0.2, 0.25) is 5.91 Å². The molecule has 0 radical (unpaired) electrons. The first kappa shape index (κ1) is 19.7. The van der Waals surface area contributed by atoms with Crippen molar-refractivity contribution in [2.45, 2.75) is 52.0 Å². The molecule has 1 unspecified atom stereocenters. The molecule has 2 N–H and O–H groups in total. The number of amides is 1. The van der Waals surface area contributed by atoms with E-state index in [-0.39, 0.29) is 12.5 Å². The highest BCUT2D eigenvalue weighted by atomic mass is 16.2. The molecular weight excluding hydrogens is 290 g/mol. The lowest BCUT2D eigenvalue weighted by atomic mass is 10.1. The summed E-state index contributed by atoms with van der Waals surface area (Å²) in [5.41, 5.74) is 0. The number of nitrogens with one attached hydrogen (secondary N) is 2. The number of carbonyl (C=O) groups excluding carboxylic acids is 1. The van der Waals surface area contributed by atoms with Crippen molar-refractivity contribution < 1.29 is 4.79 Å². The van der Waals surface area contributed by atoms with Gasteiger partial charge < -0.3 is 20.4 Å². The molecule has 1 atom stereocenters. The van der Waals surface area contributed by atoms with Gasteiger partial charge in [-0.2, -0.15) is 0 Å². The van der Waals surface area contributed by atoms with Crippen LogP contribution in [0.3, 0.4) is 0 Å². The number of aliphatic imine (C=N–C) groups is 1. The third-order valence-electron chi connectivity index (χ3n) is 4.28. The van der Waals surface area contributed by atoms with Gasteiger partial charge in [-0.1, -0.05) is 13.3 Å². The Kier molecular flexibility index (Phi) is 9.67. The van der Waals surface area contributed by atoms with E-state index in [9.17, 15) is 4.79 Å². The monoisotopic (exact) mass is 325 g/mol. The average molecular weight is 326 g/mol. The summed E-state index contributed by atoms with van der Waals surface area (Å²) in [6.07, 6.45) is 6.16. The summed E-state index contributed by atoms with van der Waals surface area (Å²) in [5.74, 6) is 0.761.